The Kier molecular flexibility index (Phi) is 7.81. The molecule has 0 aliphatic heterocycles. The van der Waals surface area contributed by atoms with Gasteiger partial charge in [0, 0.05) is 15.1 Å². The molecule has 1 unspecified atom stereocenters. The van der Waals surface area contributed by atoms with Crippen molar-refractivity contribution in [3.05, 3.63) is 93.4 Å². The van der Waals surface area contributed by atoms with Crippen LogP contribution in [0.5, 0.6) is 11.5 Å². The lowest BCUT2D eigenvalue weighted by atomic mass is 10.2. The highest BCUT2D eigenvalue weighted by atomic mass is 79.9. The fraction of sp³-hybridized carbons (Fsp3) is 0.0870. The molecule has 31 heavy (non-hydrogen) atoms. The van der Waals surface area contributed by atoms with Gasteiger partial charge in [-0.3, -0.25) is 4.79 Å². The van der Waals surface area contributed by atoms with Crippen molar-refractivity contribution in [1.82, 2.24) is 5.43 Å². The fourth-order valence-electron chi connectivity index (χ4n) is 2.50. The number of amides is 1. The molecule has 3 aromatic rings. The lowest BCUT2D eigenvalue weighted by Gasteiger charge is -2.13. The van der Waals surface area contributed by atoms with Gasteiger partial charge in [0.25, 0.3) is 5.91 Å². The van der Waals surface area contributed by atoms with Gasteiger partial charge in [0.1, 0.15) is 11.5 Å². The van der Waals surface area contributed by atoms with Gasteiger partial charge < -0.3 is 9.47 Å². The second-order valence-corrected chi connectivity index (χ2v) is 7.74. The molecule has 0 aliphatic carbocycles. The second kappa shape index (κ2) is 10.7. The van der Waals surface area contributed by atoms with Gasteiger partial charge in [0.15, 0.2) is 6.10 Å². The summed E-state index contributed by atoms with van der Waals surface area (Å²) >= 11 is 9.29. The van der Waals surface area contributed by atoms with Crippen LogP contribution in [-0.2, 0) is 4.79 Å². The van der Waals surface area contributed by atoms with Crippen LogP contribution in [-0.4, -0.2) is 24.2 Å². The molecule has 0 spiro atoms. The molecule has 1 N–H and O–H groups in total. The summed E-state index contributed by atoms with van der Waals surface area (Å²) in [5.41, 5.74) is 3.34. The standard InChI is InChI=1S/C23H18BrClN2O4/c1-15(30-20-9-5-8-19(25)13-20)22(28)27-26-14-17-12-18(24)10-11-21(17)31-23(29)16-6-3-2-4-7-16/h2-15H,1H3,(H,27,28)/b26-14+. The Morgan fingerprint density at radius 3 is 2.58 bits per heavy atom. The normalized spacial score (nSPS) is 11.7. The van der Waals surface area contributed by atoms with Gasteiger partial charge in [0.05, 0.1) is 11.8 Å². The molecule has 0 aromatic heterocycles. The number of nitrogens with zero attached hydrogens (tertiary/aromatic N) is 1. The van der Waals surface area contributed by atoms with Crippen molar-refractivity contribution in [2.75, 3.05) is 0 Å². The van der Waals surface area contributed by atoms with Crippen molar-refractivity contribution in [2.24, 2.45) is 5.10 Å². The Morgan fingerprint density at radius 1 is 1.06 bits per heavy atom. The molecular formula is C23H18BrClN2O4. The van der Waals surface area contributed by atoms with Gasteiger partial charge in [-0.25, -0.2) is 10.2 Å². The number of hydrazone groups is 1. The number of benzene rings is 3. The third-order valence-electron chi connectivity index (χ3n) is 4.04. The summed E-state index contributed by atoms with van der Waals surface area (Å²) in [6.07, 6.45) is 0.594. The van der Waals surface area contributed by atoms with Crippen LogP contribution >= 0.6 is 27.5 Å². The first kappa shape index (κ1) is 22.5. The van der Waals surface area contributed by atoms with E-state index >= 15 is 0 Å². The van der Waals surface area contributed by atoms with E-state index in [9.17, 15) is 9.59 Å². The minimum Gasteiger partial charge on any atom is -0.481 e. The van der Waals surface area contributed by atoms with E-state index in [0.29, 0.717) is 27.6 Å². The van der Waals surface area contributed by atoms with Gasteiger partial charge in [-0.2, -0.15) is 5.10 Å². The summed E-state index contributed by atoms with van der Waals surface area (Å²) in [6.45, 7) is 1.60. The van der Waals surface area contributed by atoms with Gasteiger partial charge in [-0.1, -0.05) is 51.8 Å². The van der Waals surface area contributed by atoms with E-state index in [2.05, 4.69) is 26.5 Å². The van der Waals surface area contributed by atoms with Crippen LogP contribution < -0.4 is 14.9 Å². The van der Waals surface area contributed by atoms with Crippen LogP contribution in [0, 0.1) is 0 Å². The first-order valence-electron chi connectivity index (χ1n) is 9.24. The van der Waals surface area contributed by atoms with E-state index in [-0.39, 0.29) is 0 Å². The third-order valence-corrected chi connectivity index (χ3v) is 4.77. The van der Waals surface area contributed by atoms with Gasteiger partial charge in [-0.15, -0.1) is 0 Å². The second-order valence-electron chi connectivity index (χ2n) is 6.39. The molecule has 1 atom stereocenters. The molecule has 0 bridgehead atoms. The number of ether oxygens (including phenoxy) is 2. The number of hydrogen-bond donors (Lipinski definition) is 1. The predicted molar refractivity (Wildman–Crippen MR) is 123 cm³/mol. The molecule has 0 radical (unpaired) electrons. The number of carbonyl (C=O) groups excluding carboxylic acids is 2. The van der Waals surface area contributed by atoms with Crippen molar-refractivity contribution in [2.45, 2.75) is 13.0 Å². The molecule has 158 valence electrons. The maximum absolute atomic E-state index is 12.3. The van der Waals surface area contributed by atoms with Crippen LogP contribution in [0.4, 0.5) is 0 Å². The summed E-state index contributed by atoms with van der Waals surface area (Å²) in [6, 6.07) is 20.5. The Bertz CT molecular complexity index is 1110. The number of rotatable bonds is 7. The van der Waals surface area contributed by atoms with Crippen LogP contribution in [0.1, 0.15) is 22.8 Å². The van der Waals surface area contributed by atoms with Crippen molar-refractivity contribution >= 4 is 45.6 Å². The maximum atomic E-state index is 12.3. The number of nitrogens with one attached hydrogen (secondary N) is 1. The smallest absolute Gasteiger partial charge is 0.343 e. The highest BCUT2D eigenvalue weighted by molar-refractivity contribution is 9.10. The van der Waals surface area contributed by atoms with Crippen LogP contribution in [0.2, 0.25) is 5.02 Å². The fourth-order valence-corrected chi connectivity index (χ4v) is 3.06. The summed E-state index contributed by atoms with van der Waals surface area (Å²) in [4.78, 5) is 24.6. The lowest BCUT2D eigenvalue weighted by Crippen LogP contribution is -2.33. The van der Waals surface area contributed by atoms with Crippen LogP contribution in [0.25, 0.3) is 0 Å². The van der Waals surface area contributed by atoms with Crippen molar-refractivity contribution in [3.8, 4) is 11.5 Å². The Morgan fingerprint density at radius 2 is 1.84 bits per heavy atom. The third kappa shape index (κ3) is 6.67. The molecule has 0 saturated heterocycles. The maximum Gasteiger partial charge on any atom is 0.343 e. The van der Waals surface area contributed by atoms with Gasteiger partial charge in [0.2, 0.25) is 0 Å². The topological polar surface area (TPSA) is 77.0 Å². The minimum atomic E-state index is -0.798. The highest BCUT2D eigenvalue weighted by Crippen LogP contribution is 2.23. The number of esters is 1. The van der Waals surface area contributed by atoms with Crippen LogP contribution in [0.3, 0.4) is 0 Å². The monoisotopic (exact) mass is 500 g/mol. The first-order chi connectivity index (χ1) is 14.9. The van der Waals surface area contributed by atoms with E-state index in [1.54, 1.807) is 73.7 Å². The van der Waals surface area contributed by atoms with E-state index in [0.717, 1.165) is 4.47 Å². The molecule has 0 aliphatic rings. The van der Waals surface area contributed by atoms with Crippen molar-refractivity contribution in [3.63, 3.8) is 0 Å². The van der Waals surface area contributed by atoms with E-state index in [4.69, 9.17) is 21.1 Å². The molecule has 0 heterocycles. The quantitative estimate of drug-likeness (QED) is 0.208. The van der Waals surface area contributed by atoms with Crippen molar-refractivity contribution in [1.29, 1.82) is 0 Å². The van der Waals surface area contributed by atoms with E-state index in [1.165, 1.54) is 6.21 Å². The summed E-state index contributed by atoms with van der Waals surface area (Å²) in [7, 11) is 0. The zero-order chi connectivity index (χ0) is 22.2. The van der Waals surface area contributed by atoms with E-state index < -0.39 is 18.0 Å². The molecule has 0 fully saturated rings. The zero-order valence-electron chi connectivity index (χ0n) is 16.4. The average Bonchev–Trinajstić information content (AvgIpc) is 2.76. The largest absolute Gasteiger partial charge is 0.481 e. The van der Waals surface area contributed by atoms with Gasteiger partial charge >= 0.3 is 5.97 Å². The Labute approximate surface area is 193 Å². The predicted octanol–water partition coefficient (Wildman–Crippen LogP) is 5.24. The highest BCUT2D eigenvalue weighted by Gasteiger charge is 2.15. The summed E-state index contributed by atoms with van der Waals surface area (Å²) in [5, 5.41) is 4.47. The molecule has 1 amide bonds. The van der Waals surface area contributed by atoms with Crippen molar-refractivity contribution < 1.29 is 19.1 Å². The van der Waals surface area contributed by atoms with Gasteiger partial charge in [-0.05, 0) is 55.5 Å². The average molecular weight is 502 g/mol. The molecule has 3 aromatic carbocycles. The van der Waals surface area contributed by atoms with E-state index in [1.807, 2.05) is 6.07 Å². The zero-order valence-corrected chi connectivity index (χ0v) is 18.8. The summed E-state index contributed by atoms with van der Waals surface area (Å²) in [5.74, 6) is -0.168. The number of hydrogen-bond acceptors (Lipinski definition) is 5. The molecule has 6 nitrogen and oxygen atoms in total. The Hall–Kier alpha value is -3.16. The first-order valence-corrected chi connectivity index (χ1v) is 10.4. The molecule has 8 heteroatoms. The minimum absolute atomic E-state index is 0.304. The number of carbonyl (C=O) groups is 2. The Balaban J connectivity index is 1.65. The SMILES string of the molecule is CC(Oc1cccc(Cl)c1)C(=O)N/N=C/c1cc(Br)ccc1OC(=O)c1ccccc1. The molecule has 3 rings (SSSR count). The van der Waals surface area contributed by atoms with Crippen LogP contribution in [0.15, 0.2) is 82.4 Å². The molecular weight excluding hydrogens is 484 g/mol. The number of halogens is 2. The lowest BCUT2D eigenvalue weighted by molar-refractivity contribution is -0.127. The molecule has 0 saturated carbocycles. The summed E-state index contributed by atoms with van der Waals surface area (Å²) < 4.78 is 11.8.